The van der Waals surface area contributed by atoms with Crippen LogP contribution in [0, 0.1) is 6.92 Å². The molecule has 8 nitrogen and oxygen atoms in total. The number of rotatable bonds is 5. The van der Waals surface area contributed by atoms with E-state index in [1.165, 1.54) is 31.8 Å². The van der Waals surface area contributed by atoms with Crippen molar-refractivity contribution in [3.8, 4) is 11.5 Å². The number of carbonyl (C=O) groups excluding carboxylic acids is 1. The van der Waals surface area contributed by atoms with Crippen molar-refractivity contribution < 1.29 is 14.3 Å². The minimum absolute atomic E-state index is 0.228. The molecule has 0 saturated heterocycles. The topological polar surface area (TPSA) is 95.3 Å². The van der Waals surface area contributed by atoms with Gasteiger partial charge in [0.1, 0.15) is 6.54 Å². The highest BCUT2D eigenvalue weighted by molar-refractivity contribution is 7.13. The van der Waals surface area contributed by atoms with Crippen LogP contribution in [0.1, 0.15) is 5.69 Å². The van der Waals surface area contributed by atoms with Crippen LogP contribution in [0.3, 0.4) is 0 Å². The van der Waals surface area contributed by atoms with Crippen molar-refractivity contribution in [1.82, 2.24) is 14.8 Å². The fourth-order valence-corrected chi connectivity index (χ4v) is 3.11. The van der Waals surface area contributed by atoms with E-state index in [-0.39, 0.29) is 12.5 Å². The zero-order valence-electron chi connectivity index (χ0n) is 13.9. The first-order valence-corrected chi connectivity index (χ1v) is 8.24. The molecule has 25 heavy (non-hydrogen) atoms. The minimum atomic E-state index is -0.432. The van der Waals surface area contributed by atoms with Crippen LogP contribution in [0.2, 0.25) is 0 Å². The number of fused-ring (bicyclic) bond motifs is 1. The highest BCUT2D eigenvalue weighted by Crippen LogP contribution is 2.32. The number of hydrogen-bond donors (Lipinski definition) is 1. The molecule has 9 heteroatoms. The van der Waals surface area contributed by atoms with E-state index in [1.54, 1.807) is 12.1 Å². The van der Waals surface area contributed by atoms with Crippen molar-refractivity contribution in [3.05, 3.63) is 39.8 Å². The number of carbonyl (C=O) groups is 1. The summed E-state index contributed by atoms with van der Waals surface area (Å²) in [6.07, 6.45) is 1.51. The minimum Gasteiger partial charge on any atom is -0.493 e. The first-order valence-electron chi connectivity index (χ1n) is 7.36. The summed E-state index contributed by atoms with van der Waals surface area (Å²) in [7, 11) is 2.95. The average Bonchev–Trinajstić information content (AvgIpc) is 3.01. The number of benzene rings is 1. The highest BCUT2D eigenvalue weighted by atomic mass is 32.1. The van der Waals surface area contributed by atoms with Gasteiger partial charge < -0.3 is 14.8 Å². The molecule has 0 aliphatic rings. The van der Waals surface area contributed by atoms with E-state index in [9.17, 15) is 9.59 Å². The van der Waals surface area contributed by atoms with Crippen LogP contribution >= 0.6 is 11.3 Å². The van der Waals surface area contributed by atoms with Crippen molar-refractivity contribution in [2.24, 2.45) is 0 Å². The molecule has 1 N–H and O–H groups in total. The summed E-state index contributed by atoms with van der Waals surface area (Å²) < 4.78 is 11.6. The number of aromatic nitrogens is 3. The third-order valence-corrected chi connectivity index (χ3v) is 4.40. The van der Waals surface area contributed by atoms with Gasteiger partial charge in [0.15, 0.2) is 16.6 Å². The molecule has 0 fully saturated rings. The van der Waals surface area contributed by atoms with Crippen molar-refractivity contribution in [1.29, 1.82) is 0 Å². The molecule has 2 aromatic heterocycles. The number of anilines is 1. The lowest BCUT2D eigenvalue weighted by atomic mass is 10.1. The van der Waals surface area contributed by atoms with Crippen LogP contribution in [0.5, 0.6) is 11.5 Å². The van der Waals surface area contributed by atoms with Gasteiger partial charge in [-0.3, -0.25) is 9.59 Å². The second-order valence-electron chi connectivity index (χ2n) is 5.21. The predicted octanol–water partition coefficient (Wildman–Crippen LogP) is 1.82. The third-order valence-electron chi connectivity index (χ3n) is 3.52. The maximum atomic E-state index is 12.7. The molecule has 0 bridgehead atoms. The number of nitrogens with one attached hydrogen (secondary N) is 1. The molecule has 0 aliphatic heterocycles. The molecule has 0 radical (unpaired) electrons. The first-order chi connectivity index (χ1) is 12.0. The standard InChI is InChI=1S/C16H16N4O4S/c1-9-8-25-16(18-9)19-12(21)7-20-15(22)13-10(6-17-20)4-5-11(23-2)14(13)24-3/h4-6,8H,7H2,1-3H3,(H,18,19,21). The van der Waals surface area contributed by atoms with E-state index >= 15 is 0 Å². The molecule has 0 unspecified atom stereocenters. The summed E-state index contributed by atoms with van der Waals surface area (Å²) in [6.45, 7) is 1.61. The molecule has 0 aliphatic carbocycles. The molecule has 1 amide bonds. The van der Waals surface area contributed by atoms with Gasteiger partial charge in [-0.2, -0.15) is 5.10 Å². The maximum absolute atomic E-state index is 12.7. The van der Waals surface area contributed by atoms with Crippen LogP contribution in [0.25, 0.3) is 10.8 Å². The third kappa shape index (κ3) is 3.31. The number of methoxy groups -OCH3 is 2. The van der Waals surface area contributed by atoms with Gasteiger partial charge in [-0.15, -0.1) is 11.3 Å². The number of thiazole rings is 1. The van der Waals surface area contributed by atoms with E-state index in [4.69, 9.17) is 9.47 Å². The lowest BCUT2D eigenvalue weighted by Gasteiger charge is -2.11. The van der Waals surface area contributed by atoms with Crippen LogP contribution < -0.4 is 20.3 Å². The lowest BCUT2D eigenvalue weighted by Crippen LogP contribution is -2.29. The van der Waals surface area contributed by atoms with E-state index in [0.717, 1.165) is 10.4 Å². The van der Waals surface area contributed by atoms with Gasteiger partial charge in [0.25, 0.3) is 5.56 Å². The molecule has 3 aromatic rings. The zero-order chi connectivity index (χ0) is 18.0. The summed E-state index contributed by atoms with van der Waals surface area (Å²) >= 11 is 1.32. The number of nitrogens with zero attached hydrogens (tertiary/aromatic N) is 3. The quantitative estimate of drug-likeness (QED) is 0.746. The Morgan fingerprint density at radius 3 is 2.76 bits per heavy atom. The molecule has 0 saturated carbocycles. The summed E-state index contributed by atoms with van der Waals surface area (Å²) in [4.78, 5) is 29.1. The SMILES string of the molecule is COc1ccc2cnn(CC(=O)Nc3nc(C)cs3)c(=O)c2c1OC. The van der Waals surface area contributed by atoms with E-state index in [0.29, 0.717) is 27.4 Å². The highest BCUT2D eigenvalue weighted by Gasteiger charge is 2.16. The largest absolute Gasteiger partial charge is 0.493 e. The molecule has 1 aromatic carbocycles. The molecule has 3 rings (SSSR count). The Bertz CT molecular complexity index is 995. The molecule has 0 spiro atoms. The van der Waals surface area contributed by atoms with E-state index in [1.807, 2.05) is 12.3 Å². The summed E-state index contributed by atoms with van der Waals surface area (Å²) in [5, 5.41) is 9.93. The fourth-order valence-electron chi connectivity index (χ4n) is 2.40. The Kier molecular flexibility index (Phi) is 4.66. The Balaban J connectivity index is 1.95. The number of amides is 1. The Morgan fingerprint density at radius 2 is 2.12 bits per heavy atom. The van der Waals surface area contributed by atoms with Crippen LogP contribution in [-0.2, 0) is 11.3 Å². The molecule has 0 atom stereocenters. The van der Waals surface area contributed by atoms with Crippen LogP contribution in [-0.4, -0.2) is 34.9 Å². The van der Waals surface area contributed by atoms with Gasteiger partial charge in [-0.05, 0) is 19.1 Å². The van der Waals surface area contributed by atoms with Crippen LogP contribution in [0.4, 0.5) is 5.13 Å². The monoisotopic (exact) mass is 360 g/mol. The summed E-state index contributed by atoms with van der Waals surface area (Å²) in [6, 6.07) is 3.41. The fraction of sp³-hybridized carbons (Fsp3) is 0.250. The van der Waals surface area contributed by atoms with E-state index in [2.05, 4.69) is 15.4 Å². The Morgan fingerprint density at radius 1 is 1.32 bits per heavy atom. The normalized spacial score (nSPS) is 10.7. The van der Waals surface area contributed by atoms with Gasteiger partial charge in [0.05, 0.1) is 31.5 Å². The summed E-state index contributed by atoms with van der Waals surface area (Å²) in [5.41, 5.74) is 0.386. The first kappa shape index (κ1) is 16.9. The van der Waals surface area contributed by atoms with Crippen LogP contribution in [0.15, 0.2) is 28.5 Å². The average molecular weight is 360 g/mol. The summed E-state index contributed by atoms with van der Waals surface area (Å²) in [5.74, 6) is 0.370. The van der Waals surface area contributed by atoms with Crippen molar-refractivity contribution >= 4 is 33.1 Å². The van der Waals surface area contributed by atoms with Gasteiger partial charge in [0.2, 0.25) is 5.91 Å². The molecule has 130 valence electrons. The van der Waals surface area contributed by atoms with Crippen molar-refractivity contribution in [3.63, 3.8) is 0 Å². The van der Waals surface area contributed by atoms with Gasteiger partial charge in [-0.1, -0.05) is 0 Å². The number of hydrogen-bond acceptors (Lipinski definition) is 7. The van der Waals surface area contributed by atoms with Gasteiger partial charge >= 0.3 is 0 Å². The molecule has 2 heterocycles. The molecular formula is C16H16N4O4S. The van der Waals surface area contributed by atoms with E-state index < -0.39 is 5.56 Å². The zero-order valence-corrected chi connectivity index (χ0v) is 14.7. The molecular weight excluding hydrogens is 344 g/mol. The number of aryl methyl sites for hydroxylation is 1. The second kappa shape index (κ2) is 6.89. The lowest BCUT2D eigenvalue weighted by molar-refractivity contribution is -0.117. The van der Waals surface area contributed by atoms with Gasteiger partial charge in [0, 0.05) is 10.8 Å². The second-order valence-corrected chi connectivity index (χ2v) is 6.07. The Labute approximate surface area is 147 Å². The van der Waals surface area contributed by atoms with Crippen molar-refractivity contribution in [2.45, 2.75) is 13.5 Å². The Hall–Kier alpha value is -2.94. The predicted molar refractivity (Wildman–Crippen MR) is 94.6 cm³/mol. The number of ether oxygens (including phenoxy) is 2. The van der Waals surface area contributed by atoms with Crippen molar-refractivity contribution in [2.75, 3.05) is 19.5 Å². The van der Waals surface area contributed by atoms with Gasteiger partial charge in [-0.25, -0.2) is 9.67 Å². The maximum Gasteiger partial charge on any atom is 0.279 e. The smallest absolute Gasteiger partial charge is 0.279 e.